The minimum Gasteiger partial charge on any atom is -0.493 e. The predicted molar refractivity (Wildman–Crippen MR) is 81.5 cm³/mol. The van der Waals surface area contributed by atoms with Gasteiger partial charge in [-0.05, 0) is 38.4 Å². The summed E-state index contributed by atoms with van der Waals surface area (Å²) in [4.78, 5) is 12.3. The number of carbonyl (C=O) groups excluding carboxylic acids is 1. The Balaban J connectivity index is 2.04. The van der Waals surface area contributed by atoms with Gasteiger partial charge in [0, 0.05) is 18.3 Å². The topological polar surface area (TPSA) is 85.6 Å². The molecule has 0 spiro atoms. The number of rotatable bonds is 5. The Hall–Kier alpha value is -1.79. The van der Waals surface area contributed by atoms with Crippen LogP contribution in [0.4, 0.5) is 5.69 Å². The number of nitrogen functional groups attached to an aromatic ring is 1. The molecule has 0 aromatic heterocycles. The summed E-state index contributed by atoms with van der Waals surface area (Å²) in [5, 5.41) is 6.01. The zero-order valence-electron chi connectivity index (χ0n) is 12.6. The van der Waals surface area contributed by atoms with E-state index in [9.17, 15) is 4.79 Å². The molecule has 21 heavy (non-hydrogen) atoms. The Kier molecular flexibility index (Phi) is 5.41. The van der Waals surface area contributed by atoms with E-state index in [0.29, 0.717) is 36.9 Å². The Morgan fingerprint density at radius 3 is 3.05 bits per heavy atom. The zero-order valence-corrected chi connectivity index (χ0v) is 12.6. The molecule has 1 atom stereocenters. The standard InChI is InChI=1S/C15H23N3O3/c1-3-20-14-7-13(16)10(2)6-12(14)15(19)18-8-11-4-5-17-9-21-11/h6-7,11,17H,3-5,8-9,16H2,1-2H3,(H,18,19). The average Bonchev–Trinajstić information content (AvgIpc) is 2.49. The molecule has 1 aliphatic rings. The zero-order chi connectivity index (χ0) is 15.2. The summed E-state index contributed by atoms with van der Waals surface area (Å²) in [6.45, 7) is 6.17. The van der Waals surface area contributed by atoms with Crippen LogP contribution < -0.4 is 21.1 Å². The molecule has 1 saturated heterocycles. The Morgan fingerprint density at radius 2 is 2.38 bits per heavy atom. The molecular weight excluding hydrogens is 270 g/mol. The van der Waals surface area contributed by atoms with Crippen molar-refractivity contribution in [1.29, 1.82) is 0 Å². The van der Waals surface area contributed by atoms with Crippen molar-refractivity contribution in [3.05, 3.63) is 23.3 Å². The van der Waals surface area contributed by atoms with E-state index < -0.39 is 0 Å². The first-order valence-electron chi connectivity index (χ1n) is 7.25. The number of anilines is 1. The monoisotopic (exact) mass is 293 g/mol. The van der Waals surface area contributed by atoms with Gasteiger partial charge in [0.2, 0.25) is 0 Å². The number of hydrogen-bond acceptors (Lipinski definition) is 5. The fourth-order valence-corrected chi connectivity index (χ4v) is 2.21. The minimum absolute atomic E-state index is 0.0561. The molecule has 2 rings (SSSR count). The molecule has 1 fully saturated rings. The maximum absolute atomic E-state index is 12.3. The van der Waals surface area contributed by atoms with Gasteiger partial charge in [-0.25, -0.2) is 0 Å². The number of benzene rings is 1. The van der Waals surface area contributed by atoms with Crippen LogP contribution in [0.25, 0.3) is 0 Å². The van der Waals surface area contributed by atoms with Crippen LogP contribution in [0.3, 0.4) is 0 Å². The second kappa shape index (κ2) is 7.28. The Morgan fingerprint density at radius 1 is 1.57 bits per heavy atom. The number of aryl methyl sites for hydroxylation is 1. The van der Waals surface area contributed by atoms with Gasteiger partial charge >= 0.3 is 0 Å². The van der Waals surface area contributed by atoms with Crippen LogP contribution in [0.5, 0.6) is 5.75 Å². The van der Waals surface area contributed by atoms with Gasteiger partial charge in [-0.3, -0.25) is 10.1 Å². The van der Waals surface area contributed by atoms with Crippen LogP contribution in [0, 0.1) is 6.92 Å². The number of hydrogen-bond donors (Lipinski definition) is 3. The maximum atomic E-state index is 12.3. The quantitative estimate of drug-likeness (QED) is 0.706. The molecule has 0 aliphatic carbocycles. The third kappa shape index (κ3) is 4.09. The third-order valence-corrected chi connectivity index (χ3v) is 3.47. The smallest absolute Gasteiger partial charge is 0.255 e. The highest BCUT2D eigenvalue weighted by Gasteiger charge is 2.18. The normalized spacial score (nSPS) is 18.3. The molecule has 6 heteroatoms. The highest BCUT2D eigenvalue weighted by Crippen LogP contribution is 2.25. The molecule has 116 valence electrons. The number of ether oxygens (including phenoxy) is 2. The molecular formula is C15H23N3O3. The molecule has 1 unspecified atom stereocenters. The van der Waals surface area contributed by atoms with Crippen LogP contribution in [-0.2, 0) is 4.74 Å². The third-order valence-electron chi connectivity index (χ3n) is 3.47. The summed E-state index contributed by atoms with van der Waals surface area (Å²) >= 11 is 0. The van der Waals surface area contributed by atoms with Gasteiger partial charge in [0.15, 0.2) is 0 Å². The van der Waals surface area contributed by atoms with Crippen LogP contribution in [0.2, 0.25) is 0 Å². The van der Waals surface area contributed by atoms with E-state index >= 15 is 0 Å². The first kappa shape index (κ1) is 15.6. The lowest BCUT2D eigenvalue weighted by atomic mass is 10.1. The van der Waals surface area contributed by atoms with E-state index in [1.165, 1.54) is 0 Å². The molecule has 6 nitrogen and oxygen atoms in total. The highest BCUT2D eigenvalue weighted by molar-refractivity contribution is 5.97. The molecule has 0 saturated carbocycles. The van der Waals surface area contributed by atoms with Crippen molar-refractivity contribution in [1.82, 2.24) is 10.6 Å². The van der Waals surface area contributed by atoms with Gasteiger partial charge in [-0.1, -0.05) is 0 Å². The minimum atomic E-state index is -0.163. The molecule has 1 aromatic rings. The van der Waals surface area contributed by atoms with Gasteiger partial charge in [0.05, 0.1) is 25.0 Å². The fourth-order valence-electron chi connectivity index (χ4n) is 2.21. The fraction of sp³-hybridized carbons (Fsp3) is 0.533. The number of amides is 1. The summed E-state index contributed by atoms with van der Waals surface area (Å²) < 4.78 is 11.0. The molecule has 1 aliphatic heterocycles. The molecule has 1 aromatic carbocycles. The summed E-state index contributed by atoms with van der Waals surface area (Å²) in [5.74, 6) is 0.355. The summed E-state index contributed by atoms with van der Waals surface area (Å²) in [5.41, 5.74) is 7.87. The largest absolute Gasteiger partial charge is 0.493 e. The molecule has 0 bridgehead atoms. The van der Waals surface area contributed by atoms with Crippen molar-refractivity contribution in [2.45, 2.75) is 26.4 Å². The summed E-state index contributed by atoms with van der Waals surface area (Å²) in [6.07, 6.45) is 0.944. The SMILES string of the molecule is CCOc1cc(N)c(C)cc1C(=O)NCC1CCNCO1. The first-order chi connectivity index (χ1) is 10.1. The van der Waals surface area contributed by atoms with Gasteiger partial charge < -0.3 is 20.5 Å². The van der Waals surface area contributed by atoms with E-state index in [0.717, 1.165) is 18.5 Å². The van der Waals surface area contributed by atoms with Crippen molar-refractivity contribution in [3.8, 4) is 5.75 Å². The van der Waals surface area contributed by atoms with Gasteiger partial charge in [0.1, 0.15) is 5.75 Å². The number of nitrogens with two attached hydrogens (primary N) is 1. The lowest BCUT2D eigenvalue weighted by Crippen LogP contribution is -2.41. The number of nitrogens with one attached hydrogen (secondary N) is 2. The lowest BCUT2D eigenvalue weighted by Gasteiger charge is -2.23. The van der Waals surface area contributed by atoms with E-state index in [4.69, 9.17) is 15.2 Å². The van der Waals surface area contributed by atoms with Crippen molar-refractivity contribution in [2.24, 2.45) is 0 Å². The van der Waals surface area contributed by atoms with Crippen LogP contribution in [-0.4, -0.2) is 38.4 Å². The van der Waals surface area contributed by atoms with E-state index in [1.807, 2.05) is 13.8 Å². The van der Waals surface area contributed by atoms with Crippen LogP contribution >= 0.6 is 0 Å². The van der Waals surface area contributed by atoms with E-state index in [2.05, 4.69) is 10.6 Å². The highest BCUT2D eigenvalue weighted by atomic mass is 16.5. The molecule has 0 radical (unpaired) electrons. The van der Waals surface area contributed by atoms with Crippen LogP contribution in [0.15, 0.2) is 12.1 Å². The van der Waals surface area contributed by atoms with Crippen molar-refractivity contribution in [3.63, 3.8) is 0 Å². The molecule has 4 N–H and O–H groups in total. The Labute approximate surface area is 125 Å². The van der Waals surface area contributed by atoms with Crippen LogP contribution in [0.1, 0.15) is 29.3 Å². The van der Waals surface area contributed by atoms with E-state index in [-0.39, 0.29) is 12.0 Å². The molecule has 1 amide bonds. The summed E-state index contributed by atoms with van der Waals surface area (Å²) in [6, 6.07) is 3.47. The molecule has 1 heterocycles. The van der Waals surface area contributed by atoms with E-state index in [1.54, 1.807) is 12.1 Å². The maximum Gasteiger partial charge on any atom is 0.255 e. The van der Waals surface area contributed by atoms with Gasteiger partial charge in [0.25, 0.3) is 5.91 Å². The second-order valence-electron chi connectivity index (χ2n) is 5.07. The lowest BCUT2D eigenvalue weighted by molar-refractivity contribution is 0.00846. The summed E-state index contributed by atoms with van der Waals surface area (Å²) in [7, 11) is 0. The van der Waals surface area contributed by atoms with Gasteiger partial charge in [-0.15, -0.1) is 0 Å². The van der Waals surface area contributed by atoms with Crippen molar-refractivity contribution < 1.29 is 14.3 Å². The number of carbonyl (C=O) groups is 1. The second-order valence-corrected chi connectivity index (χ2v) is 5.07. The first-order valence-corrected chi connectivity index (χ1v) is 7.25. The average molecular weight is 293 g/mol. The predicted octanol–water partition coefficient (Wildman–Crippen LogP) is 1.04. The Bertz CT molecular complexity index is 499. The van der Waals surface area contributed by atoms with Crippen molar-refractivity contribution in [2.75, 3.05) is 32.2 Å². The van der Waals surface area contributed by atoms with Gasteiger partial charge in [-0.2, -0.15) is 0 Å². The van der Waals surface area contributed by atoms with Crippen molar-refractivity contribution >= 4 is 11.6 Å².